The van der Waals surface area contributed by atoms with E-state index in [1.165, 1.54) is 18.7 Å². The Hall–Kier alpha value is -2.22. The summed E-state index contributed by atoms with van der Waals surface area (Å²) in [6, 6.07) is 8.27. The minimum atomic E-state index is -3.67. The second kappa shape index (κ2) is 13.4. The molecule has 10 heteroatoms. The Bertz CT molecular complexity index is 791. The quantitative estimate of drug-likeness (QED) is 0.267. The van der Waals surface area contributed by atoms with Crippen molar-refractivity contribution in [1.82, 2.24) is 10.2 Å². The number of carbonyl (C=O) groups excluding carboxylic acids is 3. The number of carbonyl (C=O) groups is 3. The van der Waals surface area contributed by atoms with Crippen molar-refractivity contribution in [3.05, 3.63) is 35.9 Å². The lowest BCUT2D eigenvalue weighted by Crippen LogP contribution is -2.54. The largest absolute Gasteiger partial charge is 0.442 e. The molecule has 0 saturated carbocycles. The van der Waals surface area contributed by atoms with Crippen LogP contribution in [0.1, 0.15) is 47.1 Å². The molecule has 0 aliphatic carbocycles. The zero-order valence-corrected chi connectivity index (χ0v) is 20.6. The minimum Gasteiger partial charge on any atom is -0.442 e. The first-order valence-corrected chi connectivity index (χ1v) is 12.4. The normalized spacial score (nSPS) is 13.3. The third kappa shape index (κ3) is 9.10. The molecule has 0 aliphatic rings. The first kappa shape index (κ1) is 27.8. The summed E-state index contributed by atoms with van der Waals surface area (Å²) >= 11 is 0. The zero-order chi connectivity index (χ0) is 24.3. The van der Waals surface area contributed by atoms with E-state index in [-0.39, 0.29) is 25.7 Å². The molecule has 32 heavy (non-hydrogen) atoms. The van der Waals surface area contributed by atoms with Gasteiger partial charge in [0.25, 0.3) is 0 Å². The molecule has 1 aromatic rings. The fraction of sp³-hybridized carbons (Fsp3) is 0.591. The van der Waals surface area contributed by atoms with Crippen molar-refractivity contribution in [1.29, 1.82) is 0 Å². The molecular formula is C22H35N2O7P. The molecular weight excluding hydrogens is 435 g/mol. The molecule has 1 rings (SSSR count). The van der Waals surface area contributed by atoms with E-state index in [1.807, 2.05) is 30.3 Å². The van der Waals surface area contributed by atoms with Gasteiger partial charge >= 0.3 is 13.6 Å². The van der Waals surface area contributed by atoms with Gasteiger partial charge in [0.05, 0.1) is 13.2 Å². The van der Waals surface area contributed by atoms with Gasteiger partial charge in [-0.15, -0.1) is 0 Å². The van der Waals surface area contributed by atoms with Crippen LogP contribution in [0.3, 0.4) is 0 Å². The van der Waals surface area contributed by atoms with Crippen LogP contribution in [0, 0.1) is 5.92 Å². The average Bonchev–Trinajstić information content (AvgIpc) is 2.67. The van der Waals surface area contributed by atoms with Crippen LogP contribution in [0.5, 0.6) is 0 Å². The van der Waals surface area contributed by atoms with Crippen LogP contribution in [0.4, 0.5) is 0 Å². The average molecular weight is 471 g/mol. The van der Waals surface area contributed by atoms with Crippen molar-refractivity contribution in [2.45, 2.75) is 60.4 Å². The molecule has 9 nitrogen and oxygen atoms in total. The summed E-state index contributed by atoms with van der Waals surface area (Å²) in [5.41, 5.74) is 0.801. The van der Waals surface area contributed by atoms with E-state index < -0.39 is 43.8 Å². The maximum atomic E-state index is 13.4. The van der Waals surface area contributed by atoms with Gasteiger partial charge in [-0.3, -0.25) is 18.9 Å². The molecule has 2 atom stereocenters. The lowest BCUT2D eigenvalue weighted by atomic mass is 10.0. The number of rotatable bonds is 13. The van der Waals surface area contributed by atoms with Gasteiger partial charge in [0, 0.05) is 13.5 Å². The van der Waals surface area contributed by atoms with Crippen molar-refractivity contribution < 1.29 is 32.7 Å². The Balaban J connectivity index is 3.25. The third-order valence-corrected chi connectivity index (χ3v) is 6.38. The number of nitrogens with one attached hydrogen (secondary N) is 1. The van der Waals surface area contributed by atoms with Gasteiger partial charge < -0.3 is 24.0 Å². The lowest BCUT2D eigenvalue weighted by molar-refractivity contribution is -0.151. The van der Waals surface area contributed by atoms with Crippen molar-refractivity contribution in [2.24, 2.45) is 5.92 Å². The van der Waals surface area contributed by atoms with E-state index in [9.17, 15) is 18.9 Å². The van der Waals surface area contributed by atoms with Crippen molar-refractivity contribution in [3.63, 3.8) is 0 Å². The van der Waals surface area contributed by atoms with Crippen molar-refractivity contribution >= 4 is 25.4 Å². The monoisotopic (exact) mass is 470 g/mol. The van der Waals surface area contributed by atoms with Crippen LogP contribution in [0.25, 0.3) is 0 Å². The van der Waals surface area contributed by atoms with Gasteiger partial charge in [0.15, 0.2) is 6.23 Å². The van der Waals surface area contributed by atoms with E-state index in [0.29, 0.717) is 0 Å². The maximum absolute atomic E-state index is 13.4. The molecule has 0 aromatic heterocycles. The Morgan fingerprint density at radius 1 is 1.03 bits per heavy atom. The fourth-order valence-corrected chi connectivity index (χ4v) is 4.83. The molecule has 0 bridgehead atoms. The molecule has 1 aromatic carbocycles. The number of hydrogen-bond acceptors (Lipinski definition) is 7. The molecule has 2 unspecified atom stereocenters. The number of ether oxygens (including phenoxy) is 1. The molecule has 0 aliphatic heterocycles. The Kier molecular flexibility index (Phi) is 11.6. The summed E-state index contributed by atoms with van der Waals surface area (Å²) in [5, 5.41) is 2.62. The number of benzene rings is 1. The van der Waals surface area contributed by atoms with Gasteiger partial charge in [-0.2, -0.15) is 0 Å². The van der Waals surface area contributed by atoms with Crippen molar-refractivity contribution in [3.8, 4) is 0 Å². The summed E-state index contributed by atoms with van der Waals surface area (Å²) in [6.07, 6.45) is -1.36. The van der Waals surface area contributed by atoms with Crippen LogP contribution >= 0.6 is 7.60 Å². The van der Waals surface area contributed by atoms with Gasteiger partial charge in [-0.25, -0.2) is 0 Å². The number of nitrogens with zero attached hydrogens (tertiary/aromatic N) is 1. The van der Waals surface area contributed by atoms with Crippen LogP contribution in [-0.4, -0.2) is 54.3 Å². The molecule has 0 radical (unpaired) electrons. The lowest BCUT2D eigenvalue weighted by Gasteiger charge is -2.35. The minimum absolute atomic E-state index is 0.121. The molecule has 0 heterocycles. The number of amides is 2. The Labute approximate surface area is 190 Å². The summed E-state index contributed by atoms with van der Waals surface area (Å²) in [4.78, 5) is 39.0. The van der Waals surface area contributed by atoms with Gasteiger partial charge in [0.1, 0.15) is 12.2 Å². The highest BCUT2D eigenvalue weighted by Gasteiger charge is 2.37. The Morgan fingerprint density at radius 3 is 2.06 bits per heavy atom. The predicted octanol–water partition coefficient (Wildman–Crippen LogP) is 3.33. The van der Waals surface area contributed by atoms with E-state index in [1.54, 1.807) is 27.7 Å². The van der Waals surface area contributed by atoms with Gasteiger partial charge in [0.2, 0.25) is 11.8 Å². The van der Waals surface area contributed by atoms with Crippen LogP contribution < -0.4 is 5.32 Å². The second-order valence-electron chi connectivity index (χ2n) is 7.56. The molecule has 180 valence electrons. The summed E-state index contributed by atoms with van der Waals surface area (Å²) in [5.74, 6) is -1.84. The predicted molar refractivity (Wildman–Crippen MR) is 121 cm³/mol. The summed E-state index contributed by atoms with van der Waals surface area (Å²) in [6.45, 7) is 10.1. The first-order chi connectivity index (χ1) is 15.0. The topological polar surface area (TPSA) is 111 Å². The zero-order valence-electron chi connectivity index (χ0n) is 19.7. The first-order valence-electron chi connectivity index (χ1n) is 10.7. The highest BCUT2D eigenvalue weighted by molar-refractivity contribution is 7.54. The van der Waals surface area contributed by atoms with E-state index in [0.717, 1.165) is 5.56 Å². The summed E-state index contributed by atoms with van der Waals surface area (Å²) < 4.78 is 28.5. The molecule has 1 N–H and O–H groups in total. The van der Waals surface area contributed by atoms with Crippen molar-refractivity contribution in [2.75, 3.05) is 19.4 Å². The SMILES string of the molecule is CCOP(=O)(CC(=O)N(Cc1ccccc1)C(C(=O)NC(C)OC(C)=O)C(C)C)OCC. The third-order valence-electron chi connectivity index (χ3n) is 4.42. The van der Waals surface area contributed by atoms with E-state index in [4.69, 9.17) is 13.8 Å². The van der Waals surface area contributed by atoms with Gasteiger partial charge in [-0.1, -0.05) is 44.2 Å². The summed E-state index contributed by atoms with van der Waals surface area (Å²) in [7, 11) is -3.67. The van der Waals surface area contributed by atoms with E-state index >= 15 is 0 Å². The van der Waals surface area contributed by atoms with Crippen LogP contribution in [0.15, 0.2) is 30.3 Å². The van der Waals surface area contributed by atoms with Gasteiger partial charge in [-0.05, 0) is 32.3 Å². The fourth-order valence-electron chi connectivity index (χ4n) is 3.27. The molecule has 0 spiro atoms. The smallest absolute Gasteiger partial charge is 0.340 e. The standard InChI is InChI=1S/C22H35N2O7P/c1-7-29-32(28,30-8-2)15-20(26)24(14-19-12-10-9-11-13-19)21(16(3)4)22(27)23-17(5)31-18(6)25/h9-13,16-17,21H,7-8,14-15H2,1-6H3,(H,23,27). The molecule has 0 fully saturated rings. The molecule has 0 saturated heterocycles. The second-order valence-corrected chi connectivity index (χ2v) is 9.62. The number of esters is 1. The Morgan fingerprint density at radius 2 is 1.59 bits per heavy atom. The highest BCUT2D eigenvalue weighted by atomic mass is 31.2. The highest BCUT2D eigenvalue weighted by Crippen LogP contribution is 2.48. The van der Waals surface area contributed by atoms with Crippen LogP contribution in [-0.2, 0) is 39.3 Å². The number of hydrogen-bond donors (Lipinski definition) is 1. The molecule has 2 amide bonds. The maximum Gasteiger partial charge on any atom is 0.340 e. The van der Waals surface area contributed by atoms with Crippen LogP contribution in [0.2, 0.25) is 0 Å². The van der Waals surface area contributed by atoms with E-state index in [2.05, 4.69) is 5.32 Å².